The number of imide groups is 1. The van der Waals surface area contributed by atoms with Crippen molar-refractivity contribution in [3.05, 3.63) is 104 Å². The summed E-state index contributed by atoms with van der Waals surface area (Å²) in [6, 6.07) is 17.3. The molecule has 13 nitrogen and oxygen atoms in total. The second-order valence-electron chi connectivity index (χ2n) is 14.0. The highest BCUT2D eigenvalue weighted by Crippen LogP contribution is 2.20. The first-order valence-electron chi connectivity index (χ1n) is 18.5. The van der Waals surface area contributed by atoms with Gasteiger partial charge >= 0.3 is 12.1 Å². The Kier molecular flexibility index (Phi) is 15.3. The van der Waals surface area contributed by atoms with E-state index in [1.807, 2.05) is 66.0 Å². The van der Waals surface area contributed by atoms with Crippen molar-refractivity contribution in [1.29, 1.82) is 0 Å². The third-order valence-electron chi connectivity index (χ3n) is 9.23. The molecule has 1 fully saturated rings. The van der Waals surface area contributed by atoms with Crippen LogP contribution in [-0.4, -0.2) is 81.3 Å². The Morgan fingerprint density at radius 1 is 0.855 bits per heavy atom. The predicted molar refractivity (Wildman–Crippen MR) is 211 cm³/mol. The highest BCUT2D eigenvalue weighted by molar-refractivity contribution is 7.09. The topological polar surface area (TPSA) is 163 Å². The van der Waals surface area contributed by atoms with E-state index in [1.165, 1.54) is 27.6 Å². The fraction of sp³-hybridized carbons (Fsp3) is 0.425. The molecule has 0 bridgehead atoms. The van der Waals surface area contributed by atoms with Gasteiger partial charge in [-0.05, 0) is 43.2 Å². The summed E-state index contributed by atoms with van der Waals surface area (Å²) in [7, 11) is 1.63. The van der Waals surface area contributed by atoms with Gasteiger partial charge in [0.15, 0.2) is 0 Å². The van der Waals surface area contributed by atoms with Crippen molar-refractivity contribution in [2.75, 3.05) is 13.6 Å². The number of carbonyl (C=O) groups is 5. The number of carbonyl (C=O) groups excluding carboxylic acids is 5. The molecule has 1 saturated heterocycles. The molecule has 0 saturated carbocycles. The fourth-order valence-corrected chi connectivity index (χ4v) is 7.58. The normalized spacial score (nSPS) is 14.4. The Morgan fingerprint density at radius 3 is 2.04 bits per heavy atom. The van der Waals surface area contributed by atoms with Crippen molar-refractivity contribution in [3.8, 4) is 0 Å². The van der Waals surface area contributed by atoms with E-state index in [4.69, 9.17) is 4.74 Å². The molecule has 0 aliphatic carbocycles. The number of urea groups is 1. The molecule has 4 aromatic rings. The largest absolute Gasteiger partial charge is 0.444 e. The van der Waals surface area contributed by atoms with Gasteiger partial charge in [0.25, 0.3) is 0 Å². The maximum Gasteiger partial charge on any atom is 0.407 e. The number of rotatable bonds is 19. The number of thiazole rings is 2. The third kappa shape index (κ3) is 13.0. The highest BCUT2D eigenvalue weighted by atomic mass is 32.1. The summed E-state index contributed by atoms with van der Waals surface area (Å²) in [5.74, 6) is -0.754. The third-order valence-corrected chi connectivity index (χ3v) is 11.2. The van der Waals surface area contributed by atoms with E-state index in [9.17, 15) is 24.0 Å². The number of aromatic nitrogens is 2. The van der Waals surface area contributed by atoms with Gasteiger partial charge in [0.05, 0.1) is 27.6 Å². The van der Waals surface area contributed by atoms with Gasteiger partial charge in [0.1, 0.15) is 12.6 Å². The second kappa shape index (κ2) is 20.5. The van der Waals surface area contributed by atoms with Gasteiger partial charge in [-0.25, -0.2) is 14.6 Å². The van der Waals surface area contributed by atoms with Crippen LogP contribution in [0.15, 0.2) is 77.8 Å². The lowest BCUT2D eigenvalue weighted by Gasteiger charge is -2.28. The first kappa shape index (κ1) is 41.0. The number of ether oxygens (including phenoxy) is 1. The first-order valence-corrected chi connectivity index (χ1v) is 20.3. The van der Waals surface area contributed by atoms with Gasteiger partial charge in [-0.2, -0.15) is 0 Å². The Bertz CT molecular complexity index is 1840. The van der Waals surface area contributed by atoms with Gasteiger partial charge < -0.3 is 25.6 Å². The number of nitrogens with zero attached hydrogens (tertiary/aromatic N) is 4. The number of likely N-dealkylation sites (tertiary alicyclic amines) is 1. The van der Waals surface area contributed by atoms with Crippen molar-refractivity contribution >= 4 is 52.5 Å². The minimum Gasteiger partial charge on any atom is -0.444 e. The Labute approximate surface area is 329 Å². The number of amides is 6. The van der Waals surface area contributed by atoms with Crippen molar-refractivity contribution in [3.63, 3.8) is 0 Å². The molecule has 1 aliphatic heterocycles. The van der Waals surface area contributed by atoms with Crippen LogP contribution in [0.3, 0.4) is 0 Å². The number of nitrogens with one attached hydrogen (secondary N) is 3. The van der Waals surface area contributed by atoms with Crippen LogP contribution in [0.2, 0.25) is 0 Å². The molecule has 292 valence electrons. The number of hydrogen-bond acceptors (Lipinski definition) is 10. The number of benzene rings is 2. The van der Waals surface area contributed by atoms with E-state index in [0.29, 0.717) is 25.7 Å². The van der Waals surface area contributed by atoms with Crippen LogP contribution < -0.4 is 16.0 Å². The van der Waals surface area contributed by atoms with E-state index in [2.05, 4.69) is 39.8 Å². The fourth-order valence-electron chi connectivity index (χ4n) is 6.24. The van der Waals surface area contributed by atoms with E-state index < -0.39 is 24.1 Å². The Morgan fingerprint density at radius 2 is 1.47 bits per heavy atom. The Hall–Kier alpha value is -5.15. The maximum absolute atomic E-state index is 14.2. The van der Waals surface area contributed by atoms with Crippen LogP contribution >= 0.6 is 22.7 Å². The summed E-state index contributed by atoms with van der Waals surface area (Å²) >= 11 is 2.94. The lowest BCUT2D eigenvalue weighted by Crippen LogP contribution is -2.53. The molecule has 5 rings (SSSR count). The van der Waals surface area contributed by atoms with E-state index in [1.54, 1.807) is 18.8 Å². The minimum atomic E-state index is -1.05. The summed E-state index contributed by atoms with van der Waals surface area (Å²) in [6.45, 7) is 4.47. The summed E-state index contributed by atoms with van der Waals surface area (Å²) in [5.41, 5.74) is 4.46. The van der Waals surface area contributed by atoms with Crippen molar-refractivity contribution in [1.82, 2.24) is 35.7 Å². The van der Waals surface area contributed by atoms with Crippen LogP contribution in [0.25, 0.3) is 0 Å². The van der Waals surface area contributed by atoms with Crippen LogP contribution in [0.1, 0.15) is 78.6 Å². The number of alkyl carbamates (subject to hydrolysis) is 1. The molecule has 2 aromatic heterocycles. The second-order valence-corrected chi connectivity index (χ2v) is 15.8. The molecular formula is C40H49N7O6S2. The molecule has 6 amide bonds. The highest BCUT2D eigenvalue weighted by Gasteiger charge is 2.32. The van der Waals surface area contributed by atoms with Crippen LogP contribution in [0, 0.1) is 0 Å². The molecule has 2 aromatic carbocycles. The summed E-state index contributed by atoms with van der Waals surface area (Å²) in [6.07, 6.45) is 3.44. The van der Waals surface area contributed by atoms with Gasteiger partial charge in [-0.15, -0.1) is 22.7 Å². The standard InChI is InChI=1S/C40H49N7O6S2/c1-27(2)38-43-32(25-54-38)23-46(3)39(51)45-34(18-19-47-35(48)16-17-36(47)49)37(50)42-30(20-28-10-6-4-7-11-28)14-15-31(21-29-12-8-5-9-13-29)44-40(52)53-24-33-22-41-26-55-33/h4-13,22,25-27,30-31,34H,14-21,23-24H2,1-3H3,(H,42,50)(H,44,52)(H,45,51)/t30-,31-,34-/m0/s1. The van der Waals surface area contributed by atoms with Gasteiger partial charge in [-0.3, -0.25) is 24.3 Å². The minimum absolute atomic E-state index is 0.000347. The molecule has 1 aliphatic rings. The summed E-state index contributed by atoms with van der Waals surface area (Å²) in [5, 5.41) is 11.9. The average molecular weight is 788 g/mol. The van der Waals surface area contributed by atoms with Crippen LogP contribution in [0.4, 0.5) is 9.59 Å². The maximum atomic E-state index is 14.2. The van der Waals surface area contributed by atoms with Crippen molar-refractivity contribution < 1.29 is 28.7 Å². The zero-order valence-electron chi connectivity index (χ0n) is 31.4. The number of hydrogen-bond donors (Lipinski definition) is 3. The smallest absolute Gasteiger partial charge is 0.407 e. The quantitative estimate of drug-likeness (QED) is 0.100. The molecule has 55 heavy (non-hydrogen) atoms. The summed E-state index contributed by atoms with van der Waals surface area (Å²) < 4.78 is 5.49. The molecular weight excluding hydrogens is 739 g/mol. The monoisotopic (exact) mass is 787 g/mol. The van der Waals surface area contributed by atoms with E-state index in [0.717, 1.165) is 31.6 Å². The molecule has 0 unspecified atom stereocenters. The first-order chi connectivity index (χ1) is 26.5. The molecule has 3 heterocycles. The molecule has 15 heteroatoms. The molecule has 0 spiro atoms. The van der Waals surface area contributed by atoms with Gasteiger partial charge in [-0.1, -0.05) is 74.5 Å². The zero-order chi connectivity index (χ0) is 39.2. The Balaban J connectivity index is 1.30. The van der Waals surface area contributed by atoms with E-state index >= 15 is 0 Å². The molecule has 3 N–H and O–H groups in total. The van der Waals surface area contributed by atoms with Gasteiger partial charge in [0, 0.05) is 56.0 Å². The van der Waals surface area contributed by atoms with Crippen LogP contribution in [-0.2, 0) is 45.1 Å². The summed E-state index contributed by atoms with van der Waals surface area (Å²) in [4.78, 5) is 77.7. The lowest BCUT2D eigenvalue weighted by atomic mass is 9.95. The van der Waals surface area contributed by atoms with Gasteiger partial charge in [0.2, 0.25) is 17.7 Å². The SMILES string of the molecule is CC(C)c1nc(CN(C)C(=O)N[C@@H](CCN2C(=O)CCC2=O)C(=O)N[C@@H](CC[C@@H](Cc2ccccc2)NC(=O)OCc2cncs2)Cc2ccccc2)cs1. The molecule has 0 radical (unpaired) electrons. The lowest BCUT2D eigenvalue weighted by molar-refractivity contribution is -0.139. The molecule has 3 atom stereocenters. The van der Waals surface area contributed by atoms with Crippen molar-refractivity contribution in [2.45, 2.75) is 96.0 Å². The van der Waals surface area contributed by atoms with Crippen molar-refractivity contribution in [2.24, 2.45) is 0 Å². The predicted octanol–water partition coefficient (Wildman–Crippen LogP) is 5.82. The van der Waals surface area contributed by atoms with Crippen LogP contribution in [0.5, 0.6) is 0 Å². The van der Waals surface area contributed by atoms with E-state index in [-0.39, 0.29) is 68.8 Å². The zero-order valence-corrected chi connectivity index (χ0v) is 33.1. The average Bonchev–Trinajstić information content (AvgIpc) is 3.94.